The zero-order valence-corrected chi connectivity index (χ0v) is 8.85. The Labute approximate surface area is 90.8 Å². The minimum absolute atomic E-state index is 0.755. The van der Waals surface area contributed by atoms with Crippen molar-refractivity contribution in [3.05, 3.63) is 40.1 Å². The Hall–Kier alpha value is -1.13. The fourth-order valence-corrected chi connectivity index (χ4v) is 2.05. The second-order valence-electron chi connectivity index (χ2n) is 2.69. The average molecular weight is 226 g/mol. The maximum Gasteiger partial charge on any atom is 0.115 e. The highest BCUT2D eigenvalue weighted by molar-refractivity contribution is 7.16. The molecule has 72 valence electrons. The van der Waals surface area contributed by atoms with Crippen molar-refractivity contribution < 1.29 is 0 Å². The van der Waals surface area contributed by atoms with Gasteiger partial charge < -0.3 is 5.32 Å². The van der Waals surface area contributed by atoms with Crippen molar-refractivity contribution in [1.29, 1.82) is 0 Å². The number of aromatic nitrogens is 2. The molecule has 0 saturated heterocycles. The van der Waals surface area contributed by atoms with E-state index in [1.54, 1.807) is 23.7 Å². The molecule has 14 heavy (non-hydrogen) atoms. The van der Waals surface area contributed by atoms with E-state index in [1.165, 1.54) is 11.2 Å². The minimum atomic E-state index is 0.755. The molecule has 5 heteroatoms. The Morgan fingerprint density at radius 2 is 2.07 bits per heavy atom. The van der Waals surface area contributed by atoms with Crippen LogP contribution in [0.4, 0.5) is 5.69 Å². The first-order valence-electron chi connectivity index (χ1n) is 4.08. The summed E-state index contributed by atoms with van der Waals surface area (Å²) in [4.78, 5) is 9.01. The van der Waals surface area contributed by atoms with E-state index in [9.17, 15) is 0 Å². The predicted molar refractivity (Wildman–Crippen MR) is 58.7 cm³/mol. The van der Waals surface area contributed by atoms with Crippen LogP contribution in [0.25, 0.3) is 0 Å². The summed E-state index contributed by atoms with van der Waals surface area (Å²) in [7, 11) is 0. The van der Waals surface area contributed by atoms with Gasteiger partial charge in [-0.05, 0) is 12.1 Å². The SMILES string of the molecule is Clc1ccc(CNc2cncnc2)s1. The van der Waals surface area contributed by atoms with Gasteiger partial charge in [0, 0.05) is 11.4 Å². The molecule has 0 amide bonds. The topological polar surface area (TPSA) is 37.8 Å². The van der Waals surface area contributed by atoms with Crippen LogP contribution in [-0.4, -0.2) is 9.97 Å². The normalized spacial score (nSPS) is 10.1. The number of hydrogen-bond donors (Lipinski definition) is 1. The van der Waals surface area contributed by atoms with Gasteiger partial charge in [-0.3, -0.25) is 0 Å². The lowest BCUT2D eigenvalue weighted by molar-refractivity contribution is 1.12. The van der Waals surface area contributed by atoms with Gasteiger partial charge in [0.1, 0.15) is 6.33 Å². The molecule has 0 saturated carbocycles. The molecule has 0 aliphatic rings. The van der Waals surface area contributed by atoms with Crippen molar-refractivity contribution in [3.8, 4) is 0 Å². The molecule has 2 aromatic heterocycles. The second-order valence-corrected chi connectivity index (χ2v) is 4.49. The monoisotopic (exact) mass is 225 g/mol. The molecule has 0 aliphatic heterocycles. The fraction of sp³-hybridized carbons (Fsp3) is 0.111. The summed E-state index contributed by atoms with van der Waals surface area (Å²) < 4.78 is 0.811. The highest BCUT2D eigenvalue weighted by atomic mass is 35.5. The van der Waals surface area contributed by atoms with Gasteiger partial charge in [-0.25, -0.2) is 9.97 Å². The molecule has 3 nitrogen and oxygen atoms in total. The van der Waals surface area contributed by atoms with Gasteiger partial charge in [0.15, 0.2) is 0 Å². The van der Waals surface area contributed by atoms with Crippen molar-refractivity contribution in [3.63, 3.8) is 0 Å². The van der Waals surface area contributed by atoms with E-state index in [2.05, 4.69) is 15.3 Å². The standard InChI is InChI=1S/C9H8ClN3S/c10-9-2-1-8(14-9)5-13-7-3-11-6-12-4-7/h1-4,6,13H,5H2. The molecule has 1 N–H and O–H groups in total. The van der Waals surface area contributed by atoms with E-state index in [0.29, 0.717) is 0 Å². The highest BCUT2D eigenvalue weighted by Gasteiger charge is 1.97. The lowest BCUT2D eigenvalue weighted by Gasteiger charge is -2.01. The van der Waals surface area contributed by atoms with Crippen LogP contribution >= 0.6 is 22.9 Å². The molecular formula is C9H8ClN3S. The quantitative estimate of drug-likeness (QED) is 0.873. The first-order valence-corrected chi connectivity index (χ1v) is 5.27. The number of thiophene rings is 1. The molecular weight excluding hydrogens is 218 g/mol. The highest BCUT2D eigenvalue weighted by Crippen LogP contribution is 2.21. The summed E-state index contributed by atoms with van der Waals surface area (Å²) in [6, 6.07) is 3.90. The maximum absolute atomic E-state index is 5.81. The number of hydrogen-bond acceptors (Lipinski definition) is 4. The number of anilines is 1. The molecule has 0 aromatic carbocycles. The Balaban J connectivity index is 1.95. The summed E-state index contributed by atoms with van der Waals surface area (Å²) in [6.07, 6.45) is 4.98. The van der Waals surface area contributed by atoms with Crippen molar-refractivity contribution in [2.24, 2.45) is 0 Å². The number of nitrogens with zero attached hydrogens (tertiary/aromatic N) is 2. The maximum atomic E-state index is 5.81. The van der Waals surface area contributed by atoms with Crippen LogP contribution in [0.1, 0.15) is 4.88 Å². The molecule has 2 aromatic rings. The van der Waals surface area contributed by atoms with Crippen LogP contribution < -0.4 is 5.32 Å². The Morgan fingerprint density at radius 1 is 1.29 bits per heavy atom. The van der Waals surface area contributed by atoms with Crippen molar-refractivity contribution in [2.75, 3.05) is 5.32 Å². The van der Waals surface area contributed by atoms with Gasteiger partial charge in [-0.15, -0.1) is 11.3 Å². The summed E-state index contributed by atoms with van der Waals surface area (Å²) >= 11 is 7.38. The molecule has 2 heterocycles. The van der Waals surface area contributed by atoms with E-state index in [4.69, 9.17) is 11.6 Å². The molecule has 0 aliphatic carbocycles. The van der Waals surface area contributed by atoms with Gasteiger partial charge >= 0.3 is 0 Å². The molecule has 2 rings (SSSR count). The van der Waals surface area contributed by atoms with Crippen LogP contribution in [0.5, 0.6) is 0 Å². The lowest BCUT2D eigenvalue weighted by atomic mass is 10.4. The van der Waals surface area contributed by atoms with Gasteiger partial charge in [0.2, 0.25) is 0 Å². The Morgan fingerprint density at radius 3 is 2.71 bits per heavy atom. The van der Waals surface area contributed by atoms with Crippen LogP contribution in [0.15, 0.2) is 30.9 Å². The fourth-order valence-electron chi connectivity index (χ4n) is 1.03. The van der Waals surface area contributed by atoms with Crippen molar-refractivity contribution in [2.45, 2.75) is 6.54 Å². The predicted octanol–water partition coefficient (Wildman–Crippen LogP) is 2.80. The molecule has 0 spiro atoms. The first kappa shape index (κ1) is 9.43. The van der Waals surface area contributed by atoms with E-state index in [1.807, 2.05) is 12.1 Å². The van der Waals surface area contributed by atoms with Gasteiger partial charge in [-0.1, -0.05) is 11.6 Å². The zero-order valence-electron chi connectivity index (χ0n) is 7.27. The Bertz CT molecular complexity index is 401. The third kappa shape index (κ3) is 2.43. The smallest absolute Gasteiger partial charge is 0.115 e. The largest absolute Gasteiger partial charge is 0.378 e. The van der Waals surface area contributed by atoms with Gasteiger partial charge in [0.05, 0.1) is 22.4 Å². The lowest BCUT2D eigenvalue weighted by Crippen LogP contribution is -1.97. The second kappa shape index (κ2) is 4.39. The van der Waals surface area contributed by atoms with Crippen LogP contribution in [0.2, 0.25) is 4.34 Å². The number of halogens is 1. The van der Waals surface area contributed by atoms with Crippen LogP contribution in [0, 0.1) is 0 Å². The summed E-state index contributed by atoms with van der Waals surface area (Å²) in [5, 5.41) is 3.20. The molecule has 0 atom stereocenters. The number of rotatable bonds is 3. The van der Waals surface area contributed by atoms with Gasteiger partial charge in [-0.2, -0.15) is 0 Å². The third-order valence-electron chi connectivity index (χ3n) is 1.66. The number of nitrogens with one attached hydrogen (secondary N) is 1. The Kier molecular flexibility index (Phi) is 2.96. The molecule has 0 unspecified atom stereocenters. The van der Waals surface area contributed by atoms with Crippen molar-refractivity contribution in [1.82, 2.24) is 9.97 Å². The zero-order chi connectivity index (χ0) is 9.80. The van der Waals surface area contributed by atoms with E-state index in [-0.39, 0.29) is 0 Å². The first-order chi connectivity index (χ1) is 6.84. The minimum Gasteiger partial charge on any atom is -0.378 e. The molecule has 0 fully saturated rings. The van der Waals surface area contributed by atoms with Crippen LogP contribution in [-0.2, 0) is 6.54 Å². The average Bonchev–Trinajstić information content (AvgIpc) is 2.63. The van der Waals surface area contributed by atoms with E-state index < -0.39 is 0 Å². The van der Waals surface area contributed by atoms with E-state index >= 15 is 0 Å². The molecule has 0 radical (unpaired) electrons. The van der Waals surface area contributed by atoms with Crippen LogP contribution in [0.3, 0.4) is 0 Å². The van der Waals surface area contributed by atoms with Gasteiger partial charge in [0.25, 0.3) is 0 Å². The van der Waals surface area contributed by atoms with E-state index in [0.717, 1.165) is 16.6 Å². The summed E-state index contributed by atoms with van der Waals surface area (Å²) in [6.45, 7) is 0.755. The third-order valence-corrected chi connectivity index (χ3v) is 2.89. The summed E-state index contributed by atoms with van der Waals surface area (Å²) in [5.74, 6) is 0. The summed E-state index contributed by atoms with van der Waals surface area (Å²) in [5.41, 5.74) is 0.914. The van der Waals surface area contributed by atoms with Crippen molar-refractivity contribution >= 4 is 28.6 Å². The molecule has 0 bridgehead atoms.